The Bertz CT molecular complexity index is 1400. The molecule has 2 fully saturated rings. The van der Waals surface area contributed by atoms with Crippen molar-refractivity contribution in [1.82, 2.24) is 9.80 Å². The summed E-state index contributed by atoms with van der Waals surface area (Å²) in [6, 6.07) is 12.7. The van der Waals surface area contributed by atoms with Gasteiger partial charge in [0.15, 0.2) is 6.61 Å². The van der Waals surface area contributed by atoms with Crippen molar-refractivity contribution in [3.8, 4) is 5.75 Å². The SMILES string of the molecule is Cc1ccc(NC(=O)N2CCC3(CCN(C(=O)COc4ccc5c(C)cc(=O)oc5c4)C3)CC2)c(C)c1. The smallest absolute Gasteiger partial charge is 0.336 e. The molecule has 194 valence electrons. The number of rotatable bonds is 4. The zero-order chi connectivity index (χ0) is 26.2. The van der Waals surface area contributed by atoms with Crippen molar-refractivity contribution in [2.24, 2.45) is 5.41 Å². The van der Waals surface area contributed by atoms with E-state index in [0.717, 1.165) is 41.5 Å². The van der Waals surface area contributed by atoms with E-state index in [-0.39, 0.29) is 24.0 Å². The molecule has 3 amide bonds. The summed E-state index contributed by atoms with van der Waals surface area (Å²) in [5, 5.41) is 3.89. The number of hydrogen-bond acceptors (Lipinski definition) is 5. The van der Waals surface area contributed by atoms with Crippen molar-refractivity contribution in [3.63, 3.8) is 0 Å². The van der Waals surface area contributed by atoms with Crippen molar-refractivity contribution < 1.29 is 18.7 Å². The molecular weight excluding hydrogens is 470 g/mol. The van der Waals surface area contributed by atoms with Gasteiger partial charge in [-0.05, 0) is 74.8 Å². The van der Waals surface area contributed by atoms with Crippen molar-refractivity contribution in [2.75, 3.05) is 38.1 Å². The average molecular weight is 504 g/mol. The number of piperidine rings is 1. The van der Waals surface area contributed by atoms with E-state index in [2.05, 4.69) is 11.4 Å². The number of carbonyl (C=O) groups excluding carboxylic acids is 2. The maximum Gasteiger partial charge on any atom is 0.336 e. The van der Waals surface area contributed by atoms with Crippen LogP contribution in [0.1, 0.15) is 36.0 Å². The Balaban J connectivity index is 1.13. The van der Waals surface area contributed by atoms with Gasteiger partial charge >= 0.3 is 11.7 Å². The minimum atomic E-state index is -0.408. The van der Waals surface area contributed by atoms with Crippen molar-refractivity contribution >= 4 is 28.6 Å². The monoisotopic (exact) mass is 503 g/mol. The van der Waals surface area contributed by atoms with Gasteiger partial charge in [-0.25, -0.2) is 9.59 Å². The average Bonchev–Trinajstić information content (AvgIpc) is 3.27. The highest BCUT2D eigenvalue weighted by molar-refractivity contribution is 5.90. The summed E-state index contributed by atoms with van der Waals surface area (Å²) >= 11 is 0. The third kappa shape index (κ3) is 5.33. The van der Waals surface area contributed by atoms with Gasteiger partial charge in [-0.2, -0.15) is 0 Å². The summed E-state index contributed by atoms with van der Waals surface area (Å²) < 4.78 is 11.0. The second-order valence-electron chi connectivity index (χ2n) is 10.5. The number of carbonyl (C=O) groups is 2. The second kappa shape index (κ2) is 9.92. The molecule has 8 nitrogen and oxygen atoms in total. The summed E-state index contributed by atoms with van der Waals surface area (Å²) in [5.74, 6) is 0.435. The molecule has 0 bridgehead atoms. The third-order valence-corrected chi connectivity index (χ3v) is 7.81. The first-order valence-electron chi connectivity index (χ1n) is 12.8. The fourth-order valence-corrected chi connectivity index (χ4v) is 5.52. The van der Waals surface area contributed by atoms with Gasteiger partial charge in [-0.1, -0.05) is 17.7 Å². The zero-order valence-electron chi connectivity index (χ0n) is 21.6. The zero-order valence-corrected chi connectivity index (χ0v) is 21.6. The molecule has 2 saturated heterocycles. The Morgan fingerprint density at radius 1 is 0.946 bits per heavy atom. The van der Waals surface area contributed by atoms with Crippen LogP contribution < -0.4 is 15.7 Å². The van der Waals surface area contributed by atoms with Gasteiger partial charge in [0.1, 0.15) is 11.3 Å². The number of urea groups is 1. The normalized spacial score (nSPS) is 16.8. The van der Waals surface area contributed by atoms with Crippen LogP contribution in [0.5, 0.6) is 5.75 Å². The number of aryl methyl sites for hydroxylation is 3. The highest BCUT2D eigenvalue weighted by atomic mass is 16.5. The molecule has 0 saturated carbocycles. The maximum atomic E-state index is 12.9. The summed E-state index contributed by atoms with van der Waals surface area (Å²) in [4.78, 5) is 41.1. The molecule has 3 aromatic rings. The van der Waals surface area contributed by atoms with Gasteiger partial charge < -0.3 is 24.3 Å². The van der Waals surface area contributed by atoms with E-state index in [4.69, 9.17) is 9.15 Å². The Morgan fingerprint density at radius 2 is 1.68 bits per heavy atom. The molecule has 1 aromatic heterocycles. The lowest BCUT2D eigenvalue weighted by Gasteiger charge is -2.39. The molecule has 1 spiro atoms. The van der Waals surface area contributed by atoms with Gasteiger partial charge in [-0.3, -0.25) is 4.79 Å². The van der Waals surface area contributed by atoms with E-state index in [0.29, 0.717) is 37.5 Å². The third-order valence-electron chi connectivity index (χ3n) is 7.81. The number of hydrogen-bond donors (Lipinski definition) is 1. The lowest BCUT2D eigenvalue weighted by atomic mass is 9.78. The molecule has 1 N–H and O–H groups in total. The van der Waals surface area contributed by atoms with Crippen LogP contribution in [-0.4, -0.2) is 54.5 Å². The van der Waals surface area contributed by atoms with Crippen LogP contribution in [0, 0.1) is 26.2 Å². The van der Waals surface area contributed by atoms with E-state index >= 15 is 0 Å². The minimum Gasteiger partial charge on any atom is -0.484 e. The number of benzene rings is 2. The summed E-state index contributed by atoms with van der Waals surface area (Å²) in [6.07, 6.45) is 2.69. The first-order valence-corrected chi connectivity index (χ1v) is 12.8. The van der Waals surface area contributed by atoms with E-state index in [1.54, 1.807) is 12.1 Å². The van der Waals surface area contributed by atoms with Crippen LogP contribution in [0.25, 0.3) is 11.0 Å². The van der Waals surface area contributed by atoms with E-state index < -0.39 is 5.63 Å². The fourth-order valence-electron chi connectivity index (χ4n) is 5.52. The lowest BCUT2D eigenvalue weighted by molar-refractivity contribution is -0.132. The van der Waals surface area contributed by atoms with Gasteiger partial charge in [-0.15, -0.1) is 0 Å². The van der Waals surface area contributed by atoms with Crippen LogP contribution in [0.15, 0.2) is 51.7 Å². The van der Waals surface area contributed by atoms with Crippen LogP contribution in [0.4, 0.5) is 10.5 Å². The molecule has 8 heteroatoms. The molecule has 2 aromatic carbocycles. The number of amides is 3. The second-order valence-corrected chi connectivity index (χ2v) is 10.5. The molecule has 0 aliphatic carbocycles. The van der Waals surface area contributed by atoms with Crippen LogP contribution >= 0.6 is 0 Å². The number of nitrogens with one attached hydrogen (secondary N) is 1. The molecule has 0 atom stereocenters. The van der Waals surface area contributed by atoms with Gasteiger partial charge in [0.25, 0.3) is 5.91 Å². The van der Waals surface area contributed by atoms with E-state index in [1.807, 2.05) is 48.8 Å². The Hall–Kier alpha value is -3.81. The highest BCUT2D eigenvalue weighted by Crippen LogP contribution is 2.40. The molecule has 5 rings (SSSR count). The van der Waals surface area contributed by atoms with Crippen molar-refractivity contribution in [3.05, 3.63) is 69.6 Å². The van der Waals surface area contributed by atoms with Gasteiger partial charge in [0.05, 0.1) is 0 Å². The Kier molecular flexibility index (Phi) is 6.67. The predicted molar refractivity (Wildman–Crippen MR) is 142 cm³/mol. The number of anilines is 1. The standard InChI is InChI=1S/C29H33N3O5/c1-19-4-7-24(21(3)14-19)30-28(35)31-11-8-29(9-12-31)10-13-32(18-29)26(33)17-36-22-5-6-23-20(2)15-27(34)37-25(23)16-22/h4-7,14-16H,8-13,17-18H2,1-3H3,(H,30,35). The van der Waals surface area contributed by atoms with E-state index in [1.165, 1.54) is 11.6 Å². The summed E-state index contributed by atoms with van der Waals surface area (Å²) in [6.45, 7) is 8.57. The quantitative estimate of drug-likeness (QED) is 0.524. The lowest BCUT2D eigenvalue weighted by Crippen LogP contribution is -2.46. The number of fused-ring (bicyclic) bond motifs is 1. The Morgan fingerprint density at radius 3 is 2.41 bits per heavy atom. The molecule has 2 aliphatic heterocycles. The van der Waals surface area contributed by atoms with Crippen LogP contribution in [0.2, 0.25) is 0 Å². The molecule has 3 heterocycles. The molecule has 2 aliphatic rings. The predicted octanol–water partition coefficient (Wildman–Crippen LogP) is 4.64. The minimum absolute atomic E-state index is 0.0517. The first kappa shape index (κ1) is 24.9. The largest absolute Gasteiger partial charge is 0.484 e. The number of ether oxygens (including phenoxy) is 1. The Labute approximate surface area is 216 Å². The molecular formula is C29H33N3O5. The van der Waals surface area contributed by atoms with E-state index in [9.17, 15) is 14.4 Å². The first-order chi connectivity index (χ1) is 17.7. The topological polar surface area (TPSA) is 92.1 Å². The van der Waals surface area contributed by atoms with Crippen LogP contribution in [0.3, 0.4) is 0 Å². The summed E-state index contributed by atoms with van der Waals surface area (Å²) in [7, 11) is 0. The number of nitrogens with zero attached hydrogens (tertiary/aromatic N) is 2. The maximum absolute atomic E-state index is 12.9. The summed E-state index contributed by atoms with van der Waals surface area (Å²) in [5.41, 5.74) is 4.00. The van der Waals surface area contributed by atoms with Crippen LogP contribution in [-0.2, 0) is 4.79 Å². The molecule has 0 unspecified atom stereocenters. The number of likely N-dealkylation sites (tertiary alicyclic amines) is 2. The van der Waals surface area contributed by atoms with Crippen molar-refractivity contribution in [1.29, 1.82) is 0 Å². The van der Waals surface area contributed by atoms with Gasteiger partial charge in [0, 0.05) is 49.4 Å². The fraction of sp³-hybridized carbons (Fsp3) is 0.414. The highest BCUT2D eigenvalue weighted by Gasteiger charge is 2.42. The van der Waals surface area contributed by atoms with Gasteiger partial charge in [0.2, 0.25) is 0 Å². The molecule has 37 heavy (non-hydrogen) atoms. The molecule has 0 radical (unpaired) electrons. The van der Waals surface area contributed by atoms with Crippen molar-refractivity contribution in [2.45, 2.75) is 40.0 Å².